The molecule has 0 fully saturated rings. The van der Waals surface area contributed by atoms with Gasteiger partial charge < -0.3 is 4.74 Å². The molecule has 4 aromatic rings. The zero-order valence-electron chi connectivity index (χ0n) is 23.0. The summed E-state index contributed by atoms with van der Waals surface area (Å²) in [5.74, 6) is 0.897. The first-order chi connectivity index (χ1) is 18.0. The Hall–Kier alpha value is -3.34. The summed E-state index contributed by atoms with van der Waals surface area (Å²) in [5.41, 5.74) is 4.92. The summed E-state index contributed by atoms with van der Waals surface area (Å²) in [6.07, 6.45) is 14.5. The summed E-state index contributed by atoms with van der Waals surface area (Å²) >= 11 is 0. The quantitative estimate of drug-likeness (QED) is 0.165. The number of rotatable bonds is 14. The minimum Gasteiger partial charge on any atom is -0.494 e. The van der Waals surface area contributed by atoms with Crippen LogP contribution in [0.15, 0.2) is 73.1 Å². The molecule has 0 N–H and O–H groups in total. The molecule has 0 aliphatic rings. The van der Waals surface area contributed by atoms with Gasteiger partial charge in [-0.1, -0.05) is 70.1 Å². The van der Waals surface area contributed by atoms with Gasteiger partial charge in [0.15, 0.2) is 0 Å². The molecule has 0 amide bonds. The molecule has 0 bridgehead atoms. The van der Waals surface area contributed by atoms with Gasteiger partial charge in [-0.15, -0.1) is 0 Å². The van der Waals surface area contributed by atoms with Crippen LogP contribution in [0.4, 0.5) is 0 Å². The Bertz CT molecular complexity index is 1250. The minimum atomic E-state index is -0.328. The van der Waals surface area contributed by atoms with Crippen molar-refractivity contribution in [1.82, 2.24) is 19.6 Å². The van der Waals surface area contributed by atoms with Crippen LogP contribution in [-0.4, -0.2) is 26.2 Å². The van der Waals surface area contributed by atoms with E-state index in [9.17, 15) is 0 Å². The van der Waals surface area contributed by atoms with E-state index in [1.807, 2.05) is 33.9 Å². The SMILES string of the molecule is CCCCCCCCCCOc1cccc(-n2ccc(C(C)(C)c3ccn(-c4cccc(C)c4)n3)n2)c1. The fourth-order valence-corrected chi connectivity index (χ4v) is 4.65. The molecule has 0 unspecified atom stereocenters. The third kappa shape index (κ3) is 7.12. The first-order valence-corrected chi connectivity index (χ1v) is 13.9. The van der Waals surface area contributed by atoms with Crippen LogP contribution in [0.2, 0.25) is 0 Å². The molecule has 0 radical (unpaired) electrons. The van der Waals surface area contributed by atoms with Gasteiger partial charge in [-0.2, -0.15) is 10.2 Å². The molecule has 2 aromatic heterocycles. The number of aromatic nitrogens is 4. The average Bonchev–Trinajstić information content (AvgIpc) is 3.60. The molecule has 4 rings (SSSR count). The maximum Gasteiger partial charge on any atom is 0.121 e. The molecular weight excluding hydrogens is 456 g/mol. The fraction of sp³-hybridized carbons (Fsp3) is 0.438. The highest BCUT2D eigenvalue weighted by atomic mass is 16.5. The van der Waals surface area contributed by atoms with Gasteiger partial charge in [0, 0.05) is 18.5 Å². The highest BCUT2D eigenvalue weighted by Gasteiger charge is 2.29. The van der Waals surface area contributed by atoms with Crippen LogP contribution < -0.4 is 4.74 Å². The Morgan fingerprint density at radius 3 is 1.89 bits per heavy atom. The van der Waals surface area contributed by atoms with Crippen molar-refractivity contribution >= 4 is 0 Å². The van der Waals surface area contributed by atoms with Crippen LogP contribution in [0.1, 0.15) is 89.1 Å². The Morgan fingerprint density at radius 1 is 0.703 bits per heavy atom. The topological polar surface area (TPSA) is 44.9 Å². The van der Waals surface area contributed by atoms with Crippen LogP contribution in [0, 0.1) is 6.92 Å². The minimum absolute atomic E-state index is 0.328. The molecule has 0 spiro atoms. The lowest BCUT2D eigenvalue weighted by molar-refractivity contribution is 0.304. The van der Waals surface area contributed by atoms with Crippen LogP contribution in [0.5, 0.6) is 5.75 Å². The van der Waals surface area contributed by atoms with E-state index in [0.29, 0.717) is 0 Å². The number of hydrogen-bond donors (Lipinski definition) is 0. The lowest BCUT2D eigenvalue weighted by Crippen LogP contribution is -2.21. The van der Waals surface area contributed by atoms with Crippen molar-refractivity contribution in [3.8, 4) is 17.1 Å². The lowest BCUT2D eigenvalue weighted by Gasteiger charge is -2.19. The zero-order chi connectivity index (χ0) is 26.1. The monoisotopic (exact) mass is 498 g/mol. The molecule has 5 heteroatoms. The van der Waals surface area contributed by atoms with E-state index < -0.39 is 0 Å². The van der Waals surface area contributed by atoms with Crippen molar-refractivity contribution in [1.29, 1.82) is 0 Å². The average molecular weight is 499 g/mol. The van der Waals surface area contributed by atoms with Crippen LogP contribution >= 0.6 is 0 Å². The zero-order valence-corrected chi connectivity index (χ0v) is 23.0. The predicted molar refractivity (Wildman–Crippen MR) is 152 cm³/mol. The number of ether oxygens (including phenoxy) is 1. The van der Waals surface area contributed by atoms with Gasteiger partial charge in [0.2, 0.25) is 0 Å². The number of benzene rings is 2. The van der Waals surface area contributed by atoms with Gasteiger partial charge >= 0.3 is 0 Å². The van der Waals surface area contributed by atoms with Gasteiger partial charge in [0.1, 0.15) is 5.75 Å². The second-order valence-corrected chi connectivity index (χ2v) is 10.6. The molecule has 196 valence electrons. The van der Waals surface area contributed by atoms with E-state index in [1.165, 1.54) is 50.5 Å². The van der Waals surface area contributed by atoms with E-state index >= 15 is 0 Å². The lowest BCUT2D eigenvalue weighted by atomic mass is 9.86. The van der Waals surface area contributed by atoms with Crippen molar-refractivity contribution in [2.75, 3.05) is 6.61 Å². The molecule has 2 heterocycles. The Kier molecular flexibility index (Phi) is 9.21. The highest BCUT2D eigenvalue weighted by Crippen LogP contribution is 2.30. The molecule has 37 heavy (non-hydrogen) atoms. The molecule has 2 aromatic carbocycles. The van der Waals surface area contributed by atoms with E-state index in [-0.39, 0.29) is 5.41 Å². The number of unbranched alkanes of at least 4 members (excludes halogenated alkanes) is 7. The molecule has 5 nitrogen and oxygen atoms in total. The van der Waals surface area contributed by atoms with Crippen LogP contribution in [-0.2, 0) is 5.41 Å². The van der Waals surface area contributed by atoms with Gasteiger partial charge in [0.25, 0.3) is 0 Å². The summed E-state index contributed by atoms with van der Waals surface area (Å²) in [6, 6.07) is 20.8. The molecule has 0 aliphatic carbocycles. The first kappa shape index (κ1) is 26.7. The van der Waals surface area contributed by atoms with E-state index in [2.05, 4.69) is 76.2 Å². The van der Waals surface area contributed by atoms with Crippen LogP contribution in [0.3, 0.4) is 0 Å². The molecule has 0 saturated carbocycles. The summed E-state index contributed by atoms with van der Waals surface area (Å²) in [6.45, 7) is 9.47. The Balaban J connectivity index is 1.35. The third-order valence-corrected chi connectivity index (χ3v) is 7.07. The summed E-state index contributed by atoms with van der Waals surface area (Å²) in [5, 5.41) is 9.82. The smallest absolute Gasteiger partial charge is 0.121 e. The number of nitrogens with zero attached hydrogens (tertiary/aromatic N) is 4. The number of aryl methyl sites for hydroxylation is 1. The standard InChI is InChI=1S/C32H42N4O/c1-5-6-7-8-9-10-11-12-23-37-29-18-14-17-28(25-29)36-22-20-31(34-36)32(3,4)30-19-21-35(33-30)27-16-13-15-26(2)24-27/h13-22,24-25H,5-12,23H2,1-4H3. The first-order valence-electron chi connectivity index (χ1n) is 13.9. The summed E-state index contributed by atoms with van der Waals surface area (Å²) < 4.78 is 9.92. The molecule has 0 atom stereocenters. The van der Waals surface area contributed by atoms with E-state index in [1.54, 1.807) is 0 Å². The highest BCUT2D eigenvalue weighted by molar-refractivity contribution is 5.40. The van der Waals surface area contributed by atoms with Crippen molar-refractivity contribution in [2.24, 2.45) is 0 Å². The van der Waals surface area contributed by atoms with Gasteiger partial charge in [-0.3, -0.25) is 0 Å². The molecule has 0 aliphatic heterocycles. The summed E-state index contributed by atoms with van der Waals surface area (Å²) in [7, 11) is 0. The van der Waals surface area contributed by atoms with Gasteiger partial charge in [-0.05, 0) is 69.2 Å². The van der Waals surface area contributed by atoms with E-state index in [0.717, 1.165) is 41.5 Å². The largest absolute Gasteiger partial charge is 0.494 e. The van der Waals surface area contributed by atoms with Crippen molar-refractivity contribution in [3.05, 3.63) is 90.0 Å². The van der Waals surface area contributed by atoms with Gasteiger partial charge in [0.05, 0.1) is 34.8 Å². The second-order valence-electron chi connectivity index (χ2n) is 10.6. The van der Waals surface area contributed by atoms with Crippen molar-refractivity contribution in [3.63, 3.8) is 0 Å². The maximum absolute atomic E-state index is 6.06. The normalized spacial score (nSPS) is 11.7. The Morgan fingerprint density at radius 2 is 1.27 bits per heavy atom. The van der Waals surface area contributed by atoms with Crippen molar-refractivity contribution < 1.29 is 4.74 Å². The second kappa shape index (κ2) is 12.8. The maximum atomic E-state index is 6.06. The third-order valence-electron chi connectivity index (χ3n) is 7.07. The molecular formula is C32H42N4O. The van der Waals surface area contributed by atoms with E-state index in [4.69, 9.17) is 14.9 Å². The molecule has 0 saturated heterocycles. The van der Waals surface area contributed by atoms with Crippen molar-refractivity contribution in [2.45, 2.75) is 84.5 Å². The fourth-order valence-electron chi connectivity index (χ4n) is 4.65. The Labute approximate surface area is 222 Å². The number of hydrogen-bond acceptors (Lipinski definition) is 3. The van der Waals surface area contributed by atoms with Crippen LogP contribution in [0.25, 0.3) is 11.4 Å². The van der Waals surface area contributed by atoms with Gasteiger partial charge in [-0.25, -0.2) is 9.36 Å². The summed E-state index contributed by atoms with van der Waals surface area (Å²) in [4.78, 5) is 0. The predicted octanol–water partition coefficient (Wildman–Crippen LogP) is 8.21.